The lowest BCUT2D eigenvalue weighted by Gasteiger charge is -2.05. The lowest BCUT2D eigenvalue weighted by atomic mass is 10.1. The largest absolute Gasteiger partial charge is 0.313 e. The van der Waals surface area contributed by atoms with Crippen LogP contribution in [0.15, 0.2) is 48.5 Å². The number of nitrogens with zero attached hydrogens (tertiary/aromatic N) is 2. The van der Waals surface area contributed by atoms with Gasteiger partial charge in [-0.05, 0) is 36.8 Å². The van der Waals surface area contributed by atoms with Gasteiger partial charge in [0.15, 0.2) is 5.78 Å². The molecule has 2 aromatic carbocycles. The van der Waals surface area contributed by atoms with Crippen LogP contribution < -0.4 is 5.62 Å². The first-order chi connectivity index (χ1) is 12.5. The zero-order valence-corrected chi connectivity index (χ0v) is 15.8. The van der Waals surface area contributed by atoms with Gasteiger partial charge in [0.05, 0.1) is 17.6 Å². The highest BCUT2D eigenvalue weighted by atomic mass is 35.5. The highest BCUT2D eigenvalue weighted by Crippen LogP contribution is 2.20. The van der Waals surface area contributed by atoms with Crippen molar-refractivity contribution in [1.29, 1.82) is 5.41 Å². The molecule has 0 unspecified atom stereocenters. The smallest absolute Gasteiger partial charge is 0.203 e. The molecule has 0 radical (unpaired) electrons. The Morgan fingerprint density at radius 3 is 2.62 bits per heavy atom. The SMILES string of the molecule is CCCC=Cc1cccc2c1n(C)c(=N)n2CC(=O)c1ccc(Cl)cc1. The number of hydrogen-bond acceptors (Lipinski definition) is 2. The number of benzene rings is 2. The zero-order valence-electron chi connectivity index (χ0n) is 15.0. The van der Waals surface area contributed by atoms with Crippen LogP contribution in [-0.4, -0.2) is 14.9 Å². The molecule has 5 heteroatoms. The quantitative estimate of drug-likeness (QED) is 0.624. The molecule has 3 rings (SSSR count). The number of allylic oxidation sites excluding steroid dienone is 1. The number of imidazole rings is 1. The molecule has 0 aliphatic rings. The van der Waals surface area contributed by atoms with E-state index in [0.29, 0.717) is 16.2 Å². The van der Waals surface area contributed by atoms with Crippen LogP contribution in [0.1, 0.15) is 35.7 Å². The summed E-state index contributed by atoms with van der Waals surface area (Å²) in [6, 6.07) is 12.8. The summed E-state index contributed by atoms with van der Waals surface area (Å²) in [5.74, 6) is -0.0420. The Labute approximate surface area is 157 Å². The Hall–Kier alpha value is -2.59. The maximum atomic E-state index is 12.7. The third-order valence-electron chi connectivity index (χ3n) is 4.47. The highest BCUT2D eigenvalue weighted by molar-refractivity contribution is 6.30. The van der Waals surface area contributed by atoms with Crippen LogP contribution in [0.2, 0.25) is 5.02 Å². The van der Waals surface area contributed by atoms with E-state index in [4.69, 9.17) is 17.0 Å². The van der Waals surface area contributed by atoms with E-state index in [1.54, 1.807) is 28.8 Å². The maximum absolute atomic E-state index is 12.7. The summed E-state index contributed by atoms with van der Waals surface area (Å²) in [5.41, 5.74) is 3.81. The van der Waals surface area contributed by atoms with Crippen molar-refractivity contribution in [3.8, 4) is 0 Å². The molecule has 26 heavy (non-hydrogen) atoms. The van der Waals surface area contributed by atoms with E-state index in [-0.39, 0.29) is 12.3 Å². The van der Waals surface area contributed by atoms with Crippen molar-refractivity contribution in [3.63, 3.8) is 0 Å². The number of rotatable bonds is 6. The highest BCUT2D eigenvalue weighted by Gasteiger charge is 2.14. The van der Waals surface area contributed by atoms with Gasteiger partial charge in [0.1, 0.15) is 0 Å². The molecule has 1 heterocycles. The molecule has 0 spiro atoms. The van der Waals surface area contributed by atoms with Gasteiger partial charge < -0.3 is 9.13 Å². The van der Waals surface area contributed by atoms with Gasteiger partial charge in [0.25, 0.3) is 0 Å². The van der Waals surface area contributed by atoms with Crippen molar-refractivity contribution in [2.75, 3.05) is 0 Å². The molecule has 134 valence electrons. The monoisotopic (exact) mass is 367 g/mol. The predicted octanol–water partition coefficient (Wildman–Crippen LogP) is 4.81. The van der Waals surface area contributed by atoms with Crippen LogP contribution in [0.3, 0.4) is 0 Å². The van der Waals surface area contributed by atoms with Crippen LogP contribution in [0, 0.1) is 5.41 Å². The number of ketones is 1. The van der Waals surface area contributed by atoms with E-state index >= 15 is 0 Å². The van der Waals surface area contributed by atoms with Crippen molar-refractivity contribution < 1.29 is 4.79 Å². The summed E-state index contributed by atoms with van der Waals surface area (Å²) < 4.78 is 3.58. The number of nitrogens with one attached hydrogen (secondary N) is 1. The van der Waals surface area contributed by atoms with E-state index < -0.39 is 0 Å². The Morgan fingerprint density at radius 2 is 1.92 bits per heavy atom. The minimum absolute atomic E-state index is 0.0420. The molecule has 3 aromatic rings. The number of carbonyl (C=O) groups excluding carboxylic acids is 1. The summed E-state index contributed by atoms with van der Waals surface area (Å²) >= 11 is 5.90. The van der Waals surface area contributed by atoms with Gasteiger partial charge in [-0.1, -0.05) is 49.2 Å². The molecule has 0 amide bonds. The minimum atomic E-state index is -0.0420. The zero-order chi connectivity index (χ0) is 18.7. The fourth-order valence-electron chi connectivity index (χ4n) is 3.08. The molecule has 1 aromatic heterocycles. The Bertz CT molecular complexity index is 1030. The lowest BCUT2D eigenvalue weighted by Crippen LogP contribution is -2.25. The first kappa shape index (κ1) is 18.2. The van der Waals surface area contributed by atoms with Crippen LogP contribution >= 0.6 is 11.6 Å². The molecule has 0 aliphatic heterocycles. The summed E-state index contributed by atoms with van der Waals surface area (Å²) in [6.07, 6.45) is 6.35. The van der Waals surface area contributed by atoms with Gasteiger partial charge in [0.2, 0.25) is 5.62 Å². The van der Waals surface area contributed by atoms with Crippen LogP contribution in [0.5, 0.6) is 0 Å². The molecule has 4 nitrogen and oxygen atoms in total. The van der Waals surface area contributed by atoms with Gasteiger partial charge >= 0.3 is 0 Å². The molecular formula is C21H22ClN3O. The number of hydrogen-bond donors (Lipinski definition) is 1. The summed E-state index contributed by atoms with van der Waals surface area (Å²) in [7, 11) is 1.87. The fraction of sp³-hybridized carbons (Fsp3) is 0.238. The standard InChI is InChI=1S/C21H22ClN3O/c1-3-4-5-7-16-8-6-9-18-20(16)24(2)21(23)25(18)14-19(26)15-10-12-17(22)13-11-15/h5-13,23H,3-4,14H2,1-2H3. The second-order valence-electron chi connectivity index (χ2n) is 6.30. The molecule has 0 fully saturated rings. The maximum Gasteiger partial charge on any atom is 0.203 e. The van der Waals surface area contributed by atoms with Gasteiger partial charge in [-0.2, -0.15) is 0 Å². The van der Waals surface area contributed by atoms with Crippen LogP contribution in [-0.2, 0) is 13.6 Å². The summed E-state index contributed by atoms with van der Waals surface area (Å²) in [4.78, 5) is 12.7. The molecule has 0 saturated heterocycles. The number of para-hydroxylation sites is 1. The van der Waals surface area contributed by atoms with E-state index in [2.05, 4.69) is 19.1 Å². The topological polar surface area (TPSA) is 50.8 Å². The molecule has 0 aliphatic carbocycles. The van der Waals surface area contributed by atoms with E-state index in [1.165, 1.54) is 0 Å². The first-order valence-corrected chi connectivity index (χ1v) is 9.09. The number of carbonyl (C=O) groups is 1. The third-order valence-corrected chi connectivity index (χ3v) is 4.72. The summed E-state index contributed by atoms with van der Waals surface area (Å²) in [5, 5.41) is 9.05. The van der Waals surface area contributed by atoms with Crippen molar-refractivity contribution in [1.82, 2.24) is 9.13 Å². The Morgan fingerprint density at radius 1 is 1.19 bits per heavy atom. The van der Waals surface area contributed by atoms with E-state index in [0.717, 1.165) is 29.4 Å². The lowest BCUT2D eigenvalue weighted by molar-refractivity contribution is 0.0971. The number of fused-ring (bicyclic) bond motifs is 1. The molecule has 0 bridgehead atoms. The molecular weight excluding hydrogens is 346 g/mol. The van der Waals surface area contributed by atoms with Crippen molar-refractivity contribution in [2.45, 2.75) is 26.3 Å². The number of halogens is 1. The van der Waals surface area contributed by atoms with Crippen LogP contribution in [0.4, 0.5) is 0 Å². The number of aryl methyl sites for hydroxylation is 1. The van der Waals surface area contributed by atoms with Gasteiger partial charge in [-0.15, -0.1) is 0 Å². The molecule has 0 atom stereocenters. The summed E-state index contributed by atoms with van der Waals surface area (Å²) in [6.45, 7) is 2.27. The fourth-order valence-corrected chi connectivity index (χ4v) is 3.20. The number of aromatic nitrogens is 2. The van der Waals surface area contributed by atoms with Crippen molar-refractivity contribution in [3.05, 3.63) is 70.3 Å². The van der Waals surface area contributed by atoms with Crippen LogP contribution in [0.25, 0.3) is 17.1 Å². The van der Waals surface area contributed by atoms with E-state index in [1.807, 2.05) is 29.8 Å². The average molecular weight is 368 g/mol. The van der Waals surface area contributed by atoms with Crippen molar-refractivity contribution >= 4 is 34.5 Å². The first-order valence-electron chi connectivity index (χ1n) is 8.71. The van der Waals surface area contributed by atoms with Gasteiger partial charge in [-0.3, -0.25) is 10.2 Å². The second-order valence-corrected chi connectivity index (χ2v) is 6.74. The van der Waals surface area contributed by atoms with Gasteiger partial charge in [0, 0.05) is 23.2 Å². The molecule has 0 saturated carbocycles. The average Bonchev–Trinajstić information content (AvgIpc) is 2.88. The normalized spacial score (nSPS) is 11.5. The van der Waals surface area contributed by atoms with Crippen molar-refractivity contribution in [2.24, 2.45) is 7.05 Å². The minimum Gasteiger partial charge on any atom is -0.313 e. The Kier molecular flexibility index (Phi) is 5.43. The van der Waals surface area contributed by atoms with E-state index in [9.17, 15) is 4.79 Å². The predicted molar refractivity (Wildman–Crippen MR) is 106 cm³/mol. The number of unbranched alkanes of at least 4 members (excludes halogenated alkanes) is 1. The third kappa shape index (κ3) is 3.51. The van der Waals surface area contributed by atoms with Gasteiger partial charge in [-0.25, -0.2) is 0 Å². The Balaban J connectivity index is 2.03. The molecule has 1 N–H and O–H groups in total. The number of Topliss-reactive ketones (excluding diaryl/α,β-unsaturated/α-hetero) is 1. The second kappa shape index (κ2) is 7.75.